The van der Waals surface area contributed by atoms with Crippen LogP contribution in [0.15, 0.2) is 97.3 Å². The molecule has 2 fully saturated rings. The summed E-state index contributed by atoms with van der Waals surface area (Å²) in [5, 5.41) is 25.0. The van der Waals surface area contributed by atoms with Crippen molar-refractivity contribution in [2.75, 3.05) is 47.4 Å². The fourth-order valence-corrected chi connectivity index (χ4v) is 7.33. The first-order valence-corrected chi connectivity index (χ1v) is 22.8. The largest absolute Gasteiger partial charge is 0.573 e. The quantitative estimate of drug-likeness (QED) is 0.0295. The monoisotopic (exact) mass is 1120 g/mol. The summed E-state index contributed by atoms with van der Waals surface area (Å²) in [5.41, 5.74) is -3.09. The number of nitrogens with zero attached hydrogens (tertiary/aromatic N) is 4. The van der Waals surface area contributed by atoms with Gasteiger partial charge in [0.1, 0.15) is 34.9 Å². The van der Waals surface area contributed by atoms with Crippen LogP contribution in [-0.2, 0) is 0 Å². The number of nitrogens with one attached hydrogen (secondary N) is 6. The zero-order valence-corrected chi connectivity index (χ0v) is 40.6. The van der Waals surface area contributed by atoms with E-state index in [9.17, 15) is 54.3 Å². The number of aromatic nitrogens is 2. The lowest BCUT2D eigenvalue weighted by Gasteiger charge is -2.33. The number of carbonyl (C=O) groups is 4. The van der Waals surface area contributed by atoms with E-state index in [1.165, 1.54) is 48.8 Å². The summed E-state index contributed by atoms with van der Waals surface area (Å²) < 4.78 is 116. The molecule has 0 bridgehead atoms. The number of carbonyl (C=O) groups excluding carboxylic acids is 4. The van der Waals surface area contributed by atoms with Gasteiger partial charge in [-0.3, -0.25) is 30.0 Å². The Hall–Kier alpha value is -7.80. The van der Waals surface area contributed by atoms with Crippen molar-refractivity contribution < 1.29 is 63.8 Å². The molecule has 4 aromatic carbocycles. The minimum Gasteiger partial charge on any atom is -0.403 e. The van der Waals surface area contributed by atoms with Crippen LogP contribution in [0.4, 0.5) is 58.1 Å². The summed E-state index contributed by atoms with van der Waals surface area (Å²) in [6.45, 7) is 2.60. The number of ether oxygens (including phenoxy) is 2. The van der Waals surface area contributed by atoms with Crippen molar-refractivity contribution in [3.05, 3.63) is 162 Å². The Kier molecular flexibility index (Phi) is 16.7. The van der Waals surface area contributed by atoms with E-state index in [0.29, 0.717) is 26.2 Å². The average molecular weight is 1130 g/mol. The number of halogens is 12. The van der Waals surface area contributed by atoms with Crippen molar-refractivity contribution in [3.63, 3.8) is 0 Å². The molecule has 6 N–H and O–H groups in total. The molecule has 4 heterocycles. The van der Waals surface area contributed by atoms with Gasteiger partial charge in [0.25, 0.3) is 23.6 Å². The molecule has 0 atom stereocenters. The Morgan fingerprint density at radius 1 is 0.493 bits per heavy atom. The van der Waals surface area contributed by atoms with Gasteiger partial charge in [-0.05, 0) is 67.1 Å². The van der Waals surface area contributed by atoms with Crippen molar-refractivity contribution in [1.82, 2.24) is 19.8 Å². The first-order valence-electron chi connectivity index (χ1n) is 21.3. The molecule has 4 amide bonds. The summed E-state index contributed by atoms with van der Waals surface area (Å²) in [5.74, 6) is -8.22. The van der Waals surface area contributed by atoms with Crippen molar-refractivity contribution in [1.29, 1.82) is 10.8 Å². The van der Waals surface area contributed by atoms with Gasteiger partial charge in [-0.2, -0.15) is 0 Å². The second kappa shape index (κ2) is 22.8. The smallest absolute Gasteiger partial charge is 0.403 e. The van der Waals surface area contributed by atoms with Crippen molar-refractivity contribution in [2.24, 2.45) is 0 Å². The molecule has 2 aromatic heterocycles. The molecule has 390 valence electrons. The molecule has 0 saturated carbocycles. The van der Waals surface area contributed by atoms with Crippen LogP contribution in [0, 0.1) is 22.5 Å². The lowest BCUT2D eigenvalue weighted by Crippen LogP contribution is -2.42. The number of anilines is 4. The van der Waals surface area contributed by atoms with Crippen molar-refractivity contribution in [2.45, 2.75) is 19.1 Å². The number of alkyl halides is 6. The van der Waals surface area contributed by atoms with Crippen LogP contribution < -0.4 is 30.7 Å². The molecule has 2 aliphatic rings. The molecule has 16 nitrogen and oxygen atoms in total. The topological polar surface area (TPSA) is 215 Å². The summed E-state index contributed by atoms with van der Waals surface area (Å²) in [6, 6.07) is 15.8. The minimum atomic E-state index is -5.21. The van der Waals surface area contributed by atoms with Crippen LogP contribution in [-0.4, -0.2) is 94.0 Å². The third kappa shape index (κ3) is 14.5. The van der Waals surface area contributed by atoms with Gasteiger partial charge in [0.2, 0.25) is 0 Å². The van der Waals surface area contributed by atoms with Gasteiger partial charge in [-0.15, -0.1) is 26.3 Å². The SMILES string of the molecule is N=C(c1ccc(C(=O)Nc2c(OC(F)(F)F)cc(Cl)cc2C(=O)Nc2ccc(Cl)cn2)c(F)c1)N1CC1.N=C(c1ccc(C(=O)Nc2c(OC(F)(F)F)cc(Cl)cc2C(=O)Nc2ccc(Cl)cn2)c(F)c1)N1CCC1. The third-order valence-corrected chi connectivity index (χ3v) is 11.3. The van der Waals surface area contributed by atoms with E-state index < -0.39 is 93.1 Å². The molecular formula is C47H32Cl4F8N10O6. The Labute approximate surface area is 437 Å². The number of amidine groups is 2. The highest BCUT2D eigenvalue weighted by Gasteiger charge is 2.36. The molecule has 6 aromatic rings. The van der Waals surface area contributed by atoms with E-state index in [0.717, 1.165) is 55.0 Å². The highest BCUT2D eigenvalue weighted by atomic mass is 35.5. The Morgan fingerprint density at radius 2 is 0.867 bits per heavy atom. The average Bonchev–Trinajstić information content (AvgIpc) is 4.16. The predicted molar refractivity (Wildman–Crippen MR) is 261 cm³/mol. The van der Waals surface area contributed by atoms with Crippen LogP contribution in [0.1, 0.15) is 59.0 Å². The molecule has 0 aliphatic carbocycles. The van der Waals surface area contributed by atoms with Crippen LogP contribution in [0.5, 0.6) is 11.5 Å². The summed E-state index contributed by atoms with van der Waals surface area (Å²) >= 11 is 23.4. The zero-order chi connectivity index (χ0) is 54.5. The van der Waals surface area contributed by atoms with Gasteiger partial charge in [0.15, 0.2) is 11.5 Å². The second-order valence-corrected chi connectivity index (χ2v) is 17.4. The van der Waals surface area contributed by atoms with E-state index in [1.54, 1.807) is 9.80 Å². The van der Waals surface area contributed by atoms with Gasteiger partial charge >= 0.3 is 12.7 Å². The number of pyridine rings is 2. The Bertz CT molecular complexity index is 3240. The van der Waals surface area contributed by atoms with Crippen LogP contribution in [0.3, 0.4) is 0 Å². The van der Waals surface area contributed by atoms with Gasteiger partial charge in [-0.1, -0.05) is 58.5 Å². The second-order valence-electron chi connectivity index (χ2n) is 15.7. The first-order chi connectivity index (χ1) is 35.3. The predicted octanol–water partition coefficient (Wildman–Crippen LogP) is 11.5. The molecule has 2 aliphatic heterocycles. The van der Waals surface area contributed by atoms with Gasteiger partial charge in [0.05, 0.1) is 43.7 Å². The molecule has 75 heavy (non-hydrogen) atoms. The standard InChI is InChI=1S/C24H17Cl2F4N5O3.C23H15Cl2F4N5O3/c25-13-3-5-19(32-11-13)33-23(37)16-9-14(26)10-18(38-24(28,29)30)20(16)34-22(36)15-4-2-12(8-17(15)27)21(31)35-6-1-7-35;24-12-2-4-18(31-10-12)32-22(36)15-8-13(25)9-17(37-23(27,28)29)19(15)33-21(35)14-3-1-11(7-16(14)26)20(30)34-5-6-34/h2-5,8-11,31H,1,6-7H2,(H,34,36)(H,32,33,37);1-4,7-10,30H,5-6H2,(H,33,35)(H,31,32,36). The molecule has 28 heteroatoms. The highest BCUT2D eigenvalue weighted by molar-refractivity contribution is 6.33. The summed E-state index contributed by atoms with van der Waals surface area (Å²) in [6.07, 6.45) is -7.06. The molecule has 0 unspecified atom stereocenters. The molecular weight excluding hydrogens is 1090 g/mol. The number of hydrogen-bond acceptors (Lipinski definition) is 10. The van der Waals surface area contributed by atoms with Gasteiger partial charge < -0.3 is 40.5 Å². The van der Waals surface area contributed by atoms with E-state index >= 15 is 0 Å². The number of hydrogen-bond donors (Lipinski definition) is 6. The lowest BCUT2D eigenvalue weighted by atomic mass is 10.1. The molecule has 8 rings (SSSR count). The number of likely N-dealkylation sites (tertiary alicyclic amines) is 1. The van der Waals surface area contributed by atoms with Crippen molar-refractivity contribution in [3.8, 4) is 11.5 Å². The van der Waals surface area contributed by atoms with Gasteiger partial charge in [0, 0.05) is 71.9 Å². The number of rotatable bonds is 12. The van der Waals surface area contributed by atoms with Crippen LogP contribution in [0.25, 0.3) is 0 Å². The lowest BCUT2D eigenvalue weighted by molar-refractivity contribution is -0.275. The first kappa shape index (κ1) is 55.0. The Morgan fingerprint density at radius 3 is 1.17 bits per heavy atom. The normalized spacial score (nSPS) is 12.8. The maximum absolute atomic E-state index is 14.9. The molecule has 0 radical (unpaired) electrons. The van der Waals surface area contributed by atoms with E-state index in [4.69, 9.17) is 57.2 Å². The number of amides is 4. The maximum atomic E-state index is 14.9. The van der Waals surface area contributed by atoms with Crippen molar-refractivity contribution >= 4 is 105 Å². The minimum absolute atomic E-state index is 0.000394. The third-order valence-electron chi connectivity index (χ3n) is 10.4. The fraction of sp³-hybridized carbons (Fsp3) is 0.149. The highest BCUT2D eigenvalue weighted by Crippen LogP contribution is 2.39. The van der Waals surface area contributed by atoms with E-state index in [1.807, 2.05) is 0 Å². The van der Waals surface area contributed by atoms with Crippen LogP contribution >= 0.6 is 46.4 Å². The fourth-order valence-electron chi connectivity index (χ4n) is 6.69. The van der Waals surface area contributed by atoms with Gasteiger partial charge in [-0.25, -0.2) is 18.7 Å². The van der Waals surface area contributed by atoms with E-state index in [2.05, 4.69) is 40.7 Å². The molecule has 2 saturated heterocycles. The number of benzene rings is 4. The molecule has 0 spiro atoms. The van der Waals surface area contributed by atoms with E-state index in [-0.39, 0.29) is 54.5 Å². The Balaban J connectivity index is 0.000000219. The zero-order valence-electron chi connectivity index (χ0n) is 37.5. The maximum Gasteiger partial charge on any atom is 0.573 e. The van der Waals surface area contributed by atoms with Crippen LogP contribution in [0.2, 0.25) is 20.1 Å². The summed E-state index contributed by atoms with van der Waals surface area (Å²) in [4.78, 5) is 62.8. The summed E-state index contributed by atoms with van der Waals surface area (Å²) in [7, 11) is 0.